The van der Waals surface area contributed by atoms with Crippen molar-refractivity contribution in [3.8, 4) is 0 Å². The first-order valence-electron chi connectivity index (χ1n) is 5.86. The van der Waals surface area contributed by atoms with Gasteiger partial charge in [0.25, 0.3) is 5.91 Å². The van der Waals surface area contributed by atoms with Gasteiger partial charge in [-0.15, -0.1) is 0 Å². The molecule has 0 aliphatic carbocycles. The first-order chi connectivity index (χ1) is 8.70. The van der Waals surface area contributed by atoms with Crippen LogP contribution in [0.15, 0.2) is 18.2 Å². The molecule has 1 aliphatic heterocycles. The van der Waals surface area contributed by atoms with Crippen molar-refractivity contribution in [3.63, 3.8) is 0 Å². The minimum atomic E-state index is -0.141. The Morgan fingerprint density at radius 3 is 3.06 bits per heavy atom. The van der Waals surface area contributed by atoms with Crippen LogP contribution in [0.5, 0.6) is 0 Å². The van der Waals surface area contributed by atoms with Crippen LogP contribution >= 0.6 is 23.4 Å². The fraction of sp³-hybridized carbons (Fsp3) is 0.417. The number of halogens is 1. The second kappa shape index (κ2) is 6.31. The topological polar surface area (TPSA) is 67.1 Å². The molecule has 6 heteroatoms. The van der Waals surface area contributed by atoms with E-state index < -0.39 is 0 Å². The summed E-state index contributed by atoms with van der Waals surface area (Å²) in [5.41, 5.74) is 3.57. The van der Waals surface area contributed by atoms with Crippen LogP contribution in [-0.2, 0) is 0 Å². The Morgan fingerprint density at radius 2 is 2.39 bits per heavy atom. The summed E-state index contributed by atoms with van der Waals surface area (Å²) in [5.74, 6) is 6.43. The highest BCUT2D eigenvalue weighted by Gasteiger charge is 2.18. The van der Waals surface area contributed by atoms with E-state index in [0.717, 1.165) is 0 Å². The molecule has 1 amide bonds. The fourth-order valence-corrected chi connectivity index (χ4v) is 3.31. The molecule has 0 spiro atoms. The third kappa shape index (κ3) is 3.31. The summed E-state index contributed by atoms with van der Waals surface area (Å²) in [6.07, 6.45) is 2.40. The average Bonchev–Trinajstić information content (AvgIpc) is 2.89. The zero-order chi connectivity index (χ0) is 13.0. The van der Waals surface area contributed by atoms with E-state index in [0.29, 0.717) is 28.1 Å². The SMILES string of the molecule is NNc1ccc(Cl)cc1C(=O)NCC1CCCS1. The van der Waals surface area contributed by atoms with Crippen LogP contribution in [-0.4, -0.2) is 23.5 Å². The molecule has 1 atom stereocenters. The van der Waals surface area contributed by atoms with Gasteiger partial charge < -0.3 is 10.7 Å². The molecular formula is C12H16ClN3OS. The number of thioether (sulfide) groups is 1. The van der Waals surface area contributed by atoms with Crippen LogP contribution < -0.4 is 16.6 Å². The first-order valence-corrected chi connectivity index (χ1v) is 7.29. The van der Waals surface area contributed by atoms with E-state index in [4.69, 9.17) is 17.4 Å². The Morgan fingerprint density at radius 1 is 1.56 bits per heavy atom. The second-order valence-electron chi connectivity index (χ2n) is 4.18. The lowest BCUT2D eigenvalue weighted by molar-refractivity contribution is 0.0954. The number of rotatable bonds is 4. The van der Waals surface area contributed by atoms with Crippen molar-refractivity contribution in [2.24, 2.45) is 5.84 Å². The molecule has 0 aromatic heterocycles. The molecule has 1 aromatic carbocycles. The van der Waals surface area contributed by atoms with Crippen LogP contribution in [0.1, 0.15) is 23.2 Å². The maximum atomic E-state index is 12.1. The Kier molecular flexibility index (Phi) is 4.74. The van der Waals surface area contributed by atoms with Crippen molar-refractivity contribution in [2.75, 3.05) is 17.7 Å². The number of nitrogens with one attached hydrogen (secondary N) is 2. The predicted molar refractivity (Wildman–Crippen MR) is 77.1 cm³/mol. The molecule has 98 valence electrons. The Balaban J connectivity index is 2.00. The number of hydrogen-bond acceptors (Lipinski definition) is 4. The molecule has 4 N–H and O–H groups in total. The summed E-state index contributed by atoms with van der Waals surface area (Å²) in [6.45, 7) is 0.694. The van der Waals surface area contributed by atoms with Gasteiger partial charge in [-0.25, -0.2) is 0 Å². The lowest BCUT2D eigenvalue weighted by Crippen LogP contribution is -2.30. The number of amides is 1. The molecular weight excluding hydrogens is 270 g/mol. The Hall–Kier alpha value is -0.910. The van der Waals surface area contributed by atoms with E-state index in [-0.39, 0.29) is 5.91 Å². The van der Waals surface area contributed by atoms with E-state index in [1.165, 1.54) is 18.6 Å². The van der Waals surface area contributed by atoms with Gasteiger partial charge in [-0.05, 0) is 36.8 Å². The van der Waals surface area contributed by atoms with Crippen molar-refractivity contribution >= 4 is 35.0 Å². The van der Waals surface area contributed by atoms with E-state index in [9.17, 15) is 4.79 Å². The summed E-state index contributed by atoms with van der Waals surface area (Å²) in [7, 11) is 0. The van der Waals surface area contributed by atoms with Crippen molar-refractivity contribution in [1.82, 2.24) is 5.32 Å². The average molecular weight is 286 g/mol. The molecule has 1 fully saturated rings. The zero-order valence-corrected chi connectivity index (χ0v) is 11.5. The lowest BCUT2D eigenvalue weighted by Gasteiger charge is -2.12. The van der Waals surface area contributed by atoms with Crippen molar-refractivity contribution in [1.29, 1.82) is 0 Å². The van der Waals surface area contributed by atoms with Gasteiger partial charge in [0.2, 0.25) is 0 Å². The standard InChI is InChI=1S/C12H16ClN3OS/c13-8-3-4-11(16-14)10(6-8)12(17)15-7-9-2-1-5-18-9/h3-4,6,9,16H,1-2,5,7,14H2,(H,15,17). The van der Waals surface area contributed by atoms with Gasteiger partial charge in [-0.1, -0.05) is 11.6 Å². The highest BCUT2D eigenvalue weighted by Crippen LogP contribution is 2.25. The predicted octanol–water partition coefficient (Wildman–Crippen LogP) is 2.25. The molecule has 0 saturated carbocycles. The van der Waals surface area contributed by atoms with Crippen LogP contribution in [0.25, 0.3) is 0 Å². The van der Waals surface area contributed by atoms with E-state index in [1.807, 2.05) is 11.8 Å². The summed E-state index contributed by atoms with van der Waals surface area (Å²) in [5, 5.41) is 3.98. The molecule has 1 heterocycles. The maximum absolute atomic E-state index is 12.1. The number of nitrogens with two attached hydrogens (primary N) is 1. The van der Waals surface area contributed by atoms with E-state index in [1.54, 1.807) is 18.2 Å². The third-order valence-electron chi connectivity index (χ3n) is 2.90. The third-order valence-corrected chi connectivity index (χ3v) is 4.53. The lowest BCUT2D eigenvalue weighted by atomic mass is 10.1. The quantitative estimate of drug-likeness (QED) is 0.586. The van der Waals surface area contributed by atoms with Gasteiger partial charge in [0.15, 0.2) is 0 Å². The van der Waals surface area contributed by atoms with Crippen molar-refractivity contribution in [3.05, 3.63) is 28.8 Å². The van der Waals surface area contributed by atoms with Gasteiger partial charge >= 0.3 is 0 Å². The van der Waals surface area contributed by atoms with Crippen molar-refractivity contribution < 1.29 is 4.79 Å². The number of carbonyl (C=O) groups excluding carboxylic acids is 1. The minimum Gasteiger partial charge on any atom is -0.351 e. The molecule has 1 aliphatic rings. The Labute approximate surface area is 116 Å². The summed E-state index contributed by atoms with van der Waals surface area (Å²) < 4.78 is 0. The number of nitrogen functional groups attached to an aromatic ring is 1. The number of anilines is 1. The molecule has 1 aromatic rings. The molecule has 4 nitrogen and oxygen atoms in total. The maximum Gasteiger partial charge on any atom is 0.253 e. The number of benzene rings is 1. The van der Waals surface area contributed by atoms with Crippen LogP contribution in [0.4, 0.5) is 5.69 Å². The molecule has 18 heavy (non-hydrogen) atoms. The van der Waals surface area contributed by atoms with Gasteiger partial charge in [-0.3, -0.25) is 10.6 Å². The Bertz CT molecular complexity index is 435. The second-order valence-corrected chi connectivity index (χ2v) is 6.02. The highest BCUT2D eigenvalue weighted by atomic mass is 35.5. The number of hydrogen-bond donors (Lipinski definition) is 3. The minimum absolute atomic E-state index is 0.141. The summed E-state index contributed by atoms with van der Waals surface area (Å²) >= 11 is 7.80. The van der Waals surface area contributed by atoms with Gasteiger partial charge in [0.05, 0.1) is 11.3 Å². The summed E-state index contributed by atoms with van der Waals surface area (Å²) in [4.78, 5) is 12.1. The normalized spacial score (nSPS) is 18.7. The van der Waals surface area contributed by atoms with Gasteiger partial charge in [-0.2, -0.15) is 11.8 Å². The smallest absolute Gasteiger partial charge is 0.253 e. The molecule has 0 bridgehead atoms. The largest absolute Gasteiger partial charge is 0.351 e. The first kappa shape index (κ1) is 13.5. The monoisotopic (exact) mass is 285 g/mol. The van der Waals surface area contributed by atoms with E-state index >= 15 is 0 Å². The van der Waals surface area contributed by atoms with Gasteiger partial charge in [0.1, 0.15) is 0 Å². The van der Waals surface area contributed by atoms with Crippen molar-refractivity contribution in [2.45, 2.75) is 18.1 Å². The molecule has 1 saturated heterocycles. The van der Waals surface area contributed by atoms with Crippen LogP contribution in [0.2, 0.25) is 5.02 Å². The van der Waals surface area contributed by atoms with Gasteiger partial charge in [0, 0.05) is 16.8 Å². The summed E-state index contributed by atoms with van der Waals surface area (Å²) in [6, 6.07) is 5.01. The van der Waals surface area contributed by atoms with Crippen LogP contribution in [0, 0.1) is 0 Å². The van der Waals surface area contributed by atoms with E-state index in [2.05, 4.69) is 10.7 Å². The number of carbonyl (C=O) groups is 1. The number of hydrazine groups is 1. The van der Waals surface area contributed by atoms with Crippen LogP contribution in [0.3, 0.4) is 0 Å². The molecule has 0 radical (unpaired) electrons. The molecule has 1 unspecified atom stereocenters. The highest BCUT2D eigenvalue weighted by molar-refractivity contribution is 8.00. The molecule has 2 rings (SSSR count). The zero-order valence-electron chi connectivity index (χ0n) is 9.91. The fourth-order valence-electron chi connectivity index (χ4n) is 1.94.